The van der Waals surface area contributed by atoms with Crippen LogP contribution in [0, 0.1) is 0 Å². The van der Waals surface area contributed by atoms with Crippen molar-refractivity contribution >= 4 is 11.6 Å². The van der Waals surface area contributed by atoms with Gasteiger partial charge in [-0.25, -0.2) is 0 Å². The van der Waals surface area contributed by atoms with Crippen LogP contribution in [-0.2, 0) is 11.2 Å². The Labute approximate surface area is 81.7 Å². The number of benzene rings is 1. The average molecular weight is 190 g/mol. The molecule has 1 aliphatic rings. The topological polar surface area (TPSA) is 43.4 Å². The summed E-state index contributed by atoms with van der Waals surface area (Å²) in [7, 11) is 1.54. The molecule has 0 aliphatic heterocycles. The van der Waals surface area contributed by atoms with Gasteiger partial charge in [-0.05, 0) is 24.1 Å². The second-order valence-corrected chi connectivity index (χ2v) is 3.28. The first-order valence-electron chi connectivity index (χ1n) is 4.47. The largest absolute Gasteiger partial charge is 0.497 e. The summed E-state index contributed by atoms with van der Waals surface area (Å²) in [5, 5.41) is 0. The van der Waals surface area contributed by atoms with E-state index in [9.17, 15) is 9.59 Å². The lowest BCUT2D eigenvalue weighted by molar-refractivity contribution is -0.115. The molecule has 0 fully saturated rings. The zero-order valence-electron chi connectivity index (χ0n) is 7.87. The SMILES string of the molecule is COc1ccc2c(c1)C(=O)C(=O)CC2. The van der Waals surface area contributed by atoms with Gasteiger partial charge in [-0.3, -0.25) is 9.59 Å². The highest BCUT2D eigenvalue weighted by Crippen LogP contribution is 2.23. The summed E-state index contributed by atoms with van der Waals surface area (Å²) in [4.78, 5) is 22.6. The molecular formula is C11H10O3. The molecular weight excluding hydrogens is 180 g/mol. The number of ketones is 2. The van der Waals surface area contributed by atoms with Gasteiger partial charge in [0.25, 0.3) is 0 Å². The molecule has 0 bridgehead atoms. The van der Waals surface area contributed by atoms with E-state index in [0.29, 0.717) is 24.2 Å². The third-order valence-corrected chi connectivity index (χ3v) is 2.44. The van der Waals surface area contributed by atoms with Crippen LogP contribution in [0.1, 0.15) is 22.3 Å². The normalized spacial score (nSPS) is 15.2. The number of aryl methyl sites for hydroxylation is 1. The first kappa shape index (κ1) is 8.94. The maximum atomic E-state index is 11.5. The Hall–Kier alpha value is -1.64. The van der Waals surface area contributed by atoms with Gasteiger partial charge < -0.3 is 4.74 Å². The van der Waals surface area contributed by atoms with E-state index in [1.165, 1.54) is 7.11 Å². The Balaban J connectivity index is 2.51. The predicted molar refractivity (Wildman–Crippen MR) is 50.7 cm³/mol. The van der Waals surface area contributed by atoms with Crippen molar-refractivity contribution in [2.45, 2.75) is 12.8 Å². The van der Waals surface area contributed by atoms with Gasteiger partial charge >= 0.3 is 0 Å². The van der Waals surface area contributed by atoms with Crippen molar-refractivity contribution in [3.63, 3.8) is 0 Å². The van der Waals surface area contributed by atoms with E-state index in [2.05, 4.69) is 0 Å². The number of methoxy groups -OCH3 is 1. The first-order chi connectivity index (χ1) is 6.72. The van der Waals surface area contributed by atoms with Crippen molar-refractivity contribution in [1.82, 2.24) is 0 Å². The predicted octanol–water partition coefficient (Wildman–Crippen LogP) is 1.39. The fourth-order valence-corrected chi connectivity index (χ4v) is 1.62. The number of carbonyl (C=O) groups is 2. The number of carbonyl (C=O) groups excluding carboxylic acids is 2. The molecule has 1 aliphatic carbocycles. The molecule has 0 spiro atoms. The highest BCUT2D eigenvalue weighted by Gasteiger charge is 2.24. The number of hydrogen-bond acceptors (Lipinski definition) is 3. The molecule has 0 N–H and O–H groups in total. The van der Waals surface area contributed by atoms with Crippen LogP contribution in [0.2, 0.25) is 0 Å². The number of fused-ring (bicyclic) bond motifs is 1. The quantitative estimate of drug-likeness (QED) is 0.628. The van der Waals surface area contributed by atoms with Crippen molar-refractivity contribution in [1.29, 1.82) is 0 Å². The zero-order valence-corrected chi connectivity index (χ0v) is 7.87. The highest BCUT2D eigenvalue weighted by molar-refractivity contribution is 6.44. The molecule has 0 amide bonds. The van der Waals surface area contributed by atoms with E-state index in [0.717, 1.165) is 5.56 Å². The van der Waals surface area contributed by atoms with Gasteiger partial charge in [0.2, 0.25) is 11.6 Å². The molecule has 14 heavy (non-hydrogen) atoms. The van der Waals surface area contributed by atoms with Crippen LogP contribution in [0.5, 0.6) is 5.75 Å². The fraction of sp³-hybridized carbons (Fsp3) is 0.273. The van der Waals surface area contributed by atoms with Gasteiger partial charge in [-0.1, -0.05) is 6.07 Å². The van der Waals surface area contributed by atoms with Crippen LogP contribution in [0.25, 0.3) is 0 Å². The van der Waals surface area contributed by atoms with Crippen LogP contribution in [0.3, 0.4) is 0 Å². The number of rotatable bonds is 1. The van der Waals surface area contributed by atoms with E-state index in [4.69, 9.17) is 4.74 Å². The molecule has 2 rings (SSSR count). The Kier molecular flexibility index (Phi) is 2.08. The molecule has 3 heteroatoms. The van der Waals surface area contributed by atoms with E-state index in [1.54, 1.807) is 6.07 Å². The molecule has 1 aromatic rings. The van der Waals surface area contributed by atoms with Crippen molar-refractivity contribution in [3.8, 4) is 5.75 Å². The van der Waals surface area contributed by atoms with Gasteiger partial charge in [0.1, 0.15) is 5.75 Å². The lowest BCUT2D eigenvalue weighted by atomic mass is 9.90. The third kappa shape index (κ3) is 1.31. The first-order valence-corrected chi connectivity index (χ1v) is 4.47. The van der Waals surface area contributed by atoms with Crippen LogP contribution in [0.4, 0.5) is 0 Å². The number of ether oxygens (including phenoxy) is 1. The van der Waals surface area contributed by atoms with Gasteiger partial charge in [0.05, 0.1) is 7.11 Å². The molecule has 0 heterocycles. The van der Waals surface area contributed by atoms with E-state index < -0.39 is 0 Å². The number of Topliss-reactive ketones (excluding diaryl/α,β-unsaturated/α-hetero) is 2. The van der Waals surface area contributed by atoms with Gasteiger partial charge in [-0.15, -0.1) is 0 Å². The molecule has 3 nitrogen and oxygen atoms in total. The third-order valence-electron chi connectivity index (χ3n) is 2.44. The van der Waals surface area contributed by atoms with Crippen LogP contribution in [-0.4, -0.2) is 18.7 Å². The molecule has 0 atom stereocenters. The summed E-state index contributed by atoms with van der Waals surface area (Å²) in [5.74, 6) is -0.0669. The van der Waals surface area contributed by atoms with Crippen LogP contribution < -0.4 is 4.74 Å². The summed E-state index contributed by atoms with van der Waals surface area (Å²) in [6, 6.07) is 5.29. The molecule has 1 aromatic carbocycles. The van der Waals surface area contributed by atoms with Crippen molar-refractivity contribution in [3.05, 3.63) is 29.3 Å². The Morgan fingerprint density at radius 2 is 2.00 bits per heavy atom. The minimum atomic E-state index is -0.384. The summed E-state index contributed by atoms with van der Waals surface area (Å²) >= 11 is 0. The molecule has 0 aromatic heterocycles. The van der Waals surface area contributed by atoms with Gasteiger partial charge in [0, 0.05) is 12.0 Å². The summed E-state index contributed by atoms with van der Waals surface area (Å²) in [6.07, 6.45) is 0.988. The summed E-state index contributed by atoms with van der Waals surface area (Å²) in [6.45, 7) is 0. The maximum absolute atomic E-state index is 11.5. The van der Waals surface area contributed by atoms with Gasteiger partial charge in [-0.2, -0.15) is 0 Å². The average Bonchev–Trinajstić information content (AvgIpc) is 2.23. The van der Waals surface area contributed by atoms with Crippen LogP contribution in [0.15, 0.2) is 18.2 Å². The molecule has 0 unspecified atom stereocenters. The van der Waals surface area contributed by atoms with Crippen LogP contribution >= 0.6 is 0 Å². The van der Waals surface area contributed by atoms with E-state index >= 15 is 0 Å². The monoisotopic (exact) mass is 190 g/mol. The molecule has 72 valence electrons. The van der Waals surface area contributed by atoms with E-state index in [1.807, 2.05) is 12.1 Å². The lowest BCUT2D eigenvalue weighted by Crippen LogP contribution is -2.21. The van der Waals surface area contributed by atoms with Crippen molar-refractivity contribution in [2.75, 3.05) is 7.11 Å². The van der Waals surface area contributed by atoms with E-state index in [-0.39, 0.29) is 11.6 Å². The molecule has 0 radical (unpaired) electrons. The fourth-order valence-electron chi connectivity index (χ4n) is 1.62. The minimum absolute atomic E-state index is 0.300. The van der Waals surface area contributed by atoms with Gasteiger partial charge in [0.15, 0.2) is 0 Å². The summed E-state index contributed by atoms with van der Waals surface area (Å²) in [5.41, 5.74) is 1.44. The molecule has 0 saturated carbocycles. The summed E-state index contributed by atoms with van der Waals surface area (Å²) < 4.78 is 5.00. The smallest absolute Gasteiger partial charge is 0.228 e. The second kappa shape index (κ2) is 3.25. The molecule has 0 saturated heterocycles. The zero-order chi connectivity index (χ0) is 10.1. The Bertz CT molecular complexity index is 407. The Morgan fingerprint density at radius 1 is 1.21 bits per heavy atom. The second-order valence-electron chi connectivity index (χ2n) is 3.28. The maximum Gasteiger partial charge on any atom is 0.228 e. The van der Waals surface area contributed by atoms with Crippen molar-refractivity contribution < 1.29 is 14.3 Å². The highest BCUT2D eigenvalue weighted by atomic mass is 16.5. The van der Waals surface area contributed by atoms with Crippen molar-refractivity contribution in [2.24, 2.45) is 0 Å². The lowest BCUT2D eigenvalue weighted by Gasteiger charge is -2.14. The minimum Gasteiger partial charge on any atom is -0.497 e. The Morgan fingerprint density at radius 3 is 2.71 bits per heavy atom. The number of hydrogen-bond donors (Lipinski definition) is 0. The standard InChI is InChI=1S/C11H10O3/c1-14-8-4-2-7-3-5-10(12)11(13)9(7)6-8/h2,4,6H,3,5H2,1H3.